The van der Waals surface area contributed by atoms with Gasteiger partial charge in [0.2, 0.25) is 0 Å². The molecule has 0 aromatic heterocycles. The van der Waals surface area contributed by atoms with Crippen LogP contribution in [-0.2, 0) is 4.74 Å². The van der Waals surface area contributed by atoms with Crippen LogP contribution in [0.2, 0.25) is 0 Å². The fourth-order valence-electron chi connectivity index (χ4n) is 1.36. The largest absolute Gasteiger partial charge is 0.494 e. The molecule has 17 heavy (non-hydrogen) atoms. The van der Waals surface area contributed by atoms with Crippen molar-refractivity contribution in [3.05, 3.63) is 29.6 Å². The van der Waals surface area contributed by atoms with Crippen molar-refractivity contribution in [3.8, 4) is 5.75 Å². The van der Waals surface area contributed by atoms with E-state index < -0.39 is 11.9 Å². The van der Waals surface area contributed by atoms with Crippen molar-refractivity contribution in [2.24, 2.45) is 0 Å². The molecule has 4 heteroatoms. The third-order valence-corrected chi connectivity index (χ3v) is 2.25. The fourth-order valence-corrected chi connectivity index (χ4v) is 1.36. The van der Waals surface area contributed by atoms with Gasteiger partial charge in [-0.05, 0) is 26.8 Å². The summed E-state index contributed by atoms with van der Waals surface area (Å²) in [5.74, 6) is -0.419. The molecule has 1 aromatic carbocycles. The highest BCUT2D eigenvalue weighted by Crippen LogP contribution is 2.25. The highest BCUT2D eigenvalue weighted by molar-refractivity contribution is 5.32. The molecule has 1 atom stereocenters. The monoisotopic (exact) mass is 242 g/mol. The summed E-state index contributed by atoms with van der Waals surface area (Å²) in [7, 11) is 1.39. The van der Waals surface area contributed by atoms with Crippen LogP contribution in [0.1, 0.15) is 32.4 Å². The molecule has 0 heterocycles. The predicted octanol–water partition coefficient (Wildman–Crippen LogP) is 2.68. The maximum absolute atomic E-state index is 13.8. The number of hydrogen-bond acceptors (Lipinski definition) is 3. The minimum absolute atomic E-state index is 0.0492. The Morgan fingerprint density at radius 2 is 2.00 bits per heavy atom. The Hall–Kier alpha value is -1.13. The van der Waals surface area contributed by atoms with E-state index in [0.717, 1.165) is 0 Å². The number of rotatable bonds is 4. The zero-order valence-electron chi connectivity index (χ0n) is 10.7. The van der Waals surface area contributed by atoms with E-state index in [-0.39, 0.29) is 23.5 Å². The van der Waals surface area contributed by atoms with E-state index in [4.69, 9.17) is 9.47 Å². The molecule has 0 saturated heterocycles. The van der Waals surface area contributed by atoms with Crippen molar-refractivity contribution in [1.82, 2.24) is 0 Å². The van der Waals surface area contributed by atoms with Crippen LogP contribution in [0.3, 0.4) is 0 Å². The highest BCUT2D eigenvalue weighted by Gasteiger charge is 2.19. The van der Waals surface area contributed by atoms with E-state index in [1.807, 2.05) is 20.8 Å². The lowest BCUT2D eigenvalue weighted by atomic mass is 10.1. The van der Waals surface area contributed by atoms with Gasteiger partial charge in [-0.1, -0.05) is 12.1 Å². The van der Waals surface area contributed by atoms with Gasteiger partial charge in [-0.15, -0.1) is 0 Å². The van der Waals surface area contributed by atoms with Crippen LogP contribution in [0.25, 0.3) is 0 Å². The minimum atomic E-state index is -0.996. The lowest BCUT2D eigenvalue weighted by Crippen LogP contribution is -2.23. The van der Waals surface area contributed by atoms with Gasteiger partial charge >= 0.3 is 0 Å². The van der Waals surface area contributed by atoms with Gasteiger partial charge in [0.15, 0.2) is 11.6 Å². The van der Waals surface area contributed by atoms with E-state index in [1.54, 1.807) is 6.07 Å². The SMILES string of the molecule is COc1cccc(C(O)COC(C)(C)C)c1F. The van der Waals surface area contributed by atoms with Crippen molar-refractivity contribution in [1.29, 1.82) is 0 Å². The molecule has 1 rings (SSSR count). The normalized spacial score (nSPS) is 13.5. The third kappa shape index (κ3) is 3.98. The van der Waals surface area contributed by atoms with Crippen molar-refractivity contribution >= 4 is 0 Å². The average molecular weight is 242 g/mol. The molecule has 0 aliphatic rings. The number of halogens is 1. The lowest BCUT2D eigenvalue weighted by molar-refractivity contribution is -0.0504. The fraction of sp³-hybridized carbons (Fsp3) is 0.538. The zero-order chi connectivity index (χ0) is 13.1. The van der Waals surface area contributed by atoms with Crippen LogP contribution < -0.4 is 4.74 Å². The van der Waals surface area contributed by atoms with Crippen molar-refractivity contribution in [2.75, 3.05) is 13.7 Å². The molecule has 0 radical (unpaired) electrons. The second kappa shape index (κ2) is 5.47. The maximum Gasteiger partial charge on any atom is 0.170 e. The first-order valence-electron chi connectivity index (χ1n) is 5.49. The molecule has 0 aliphatic heterocycles. The molecule has 0 amide bonds. The molecule has 0 aliphatic carbocycles. The van der Waals surface area contributed by atoms with E-state index in [0.29, 0.717) is 0 Å². The minimum Gasteiger partial charge on any atom is -0.494 e. The van der Waals surface area contributed by atoms with Crippen LogP contribution in [-0.4, -0.2) is 24.4 Å². The second-order valence-electron chi connectivity index (χ2n) is 4.80. The highest BCUT2D eigenvalue weighted by atomic mass is 19.1. The molecule has 3 nitrogen and oxygen atoms in total. The Kier molecular flexibility index (Phi) is 4.48. The molecule has 0 saturated carbocycles. The molecule has 0 fully saturated rings. The first-order valence-corrected chi connectivity index (χ1v) is 5.49. The Labute approximate surface area is 101 Å². The van der Waals surface area contributed by atoms with Gasteiger partial charge in [-0.3, -0.25) is 0 Å². The third-order valence-electron chi connectivity index (χ3n) is 2.25. The van der Waals surface area contributed by atoms with Crippen LogP contribution in [0.15, 0.2) is 18.2 Å². The van der Waals surface area contributed by atoms with Gasteiger partial charge in [0.1, 0.15) is 6.10 Å². The van der Waals surface area contributed by atoms with Gasteiger partial charge in [-0.2, -0.15) is 0 Å². The number of methoxy groups -OCH3 is 1. The van der Waals surface area contributed by atoms with Crippen molar-refractivity contribution in [3.63, 3.8) is 0 Å². The first kappa shape index (κ1) is 13.9. The van der Waals surface area contributed by atoms with Gasteiger partial charge in [0, 0.05) is 5.56 Å². The maximum atomic E-state index is 13.8. The Morgan fingerprint density at radius 3 is 2.53 bits per heavy atom. The lowest BCUT2D eigenvalue weighted by Gasteiger charge is -2.22. The topological polar surface area (TPSA) is 38.7 Å². The number of benzene rings is 1. The number of aliphatic hydroxyl groups is 1. The summed E-state index contributed by atoms with van der Waals surface area (Å²) >= 11 is 0. The summed E-state index contributed by atoms with van der Waals surface area (Å²) in [5, 5.41) is 9.86. The quantitative estimate of drug-likeness (QED) is 0.882. The molecule has 1 N–H and O–H groups in total. The predicted molar refractivity (Wildman–Crippen MR) is 63.6 cm³/mol. The van der Waals surface area contributed by atoms with E-state index in [1.165, 1.54) is 19.2 Å². The Balaban J connectivity index is 2.79. The van der Waals surface area contributed by atoms with Crippen LogP contribution >= 0.6 is 0 Å². The summed E-state index contributed by atoms with van der Waals surface area (Å²) in [6.07, 6.45) is -0.996. The van der Waals surface area contributed by atoms with Crippen molar-refractivity contribution in [2.45, 2.75) is 32.5 Å². The van der Waals surface area contributed by atoms with Gasteiger partial charge in [0.05, 0.1) is 19.3 Å². The second-order valence-corrected chi connectivity index (χ2v) is 4.80. The molecule has 0 spiro atoms. The standard InChI is InChI=1S/C13H19FO3/c1-13(2,3)17-8-10(15)9-6-5-7-11(16-4)12(9)14/h5-7,10,15H,8H2,1-4H3. The van der Waals surface area contributed by atoms with E-state index >= 15 is 0 Å². The molecule has 96 valence electrons. The van der Waals surface area contributed by atoms with Gasteiger partial charge in [0.25, 0.3) is 0 Å². The Morgan fingerprint density at radius 1 is 1.35 bits per heavy atom. The molecule has 1 aromatic rings. The summed E-state index contributed by atoms with van der Waals surface area (Å²) in [6, 6.07) is 4.67. The zero-order valence-corrected chi connectivity index (χ0v) is 10.7. The van der Waals surface area contributed by atoms with Crippen LogP contribution in [0.5, 0.6) is 5.75 Å². The van der Waals surface area contributed by atoms with Crippen LogP contribution in [0.4, 0.5) is 4.39 Å². The summed E-state index contributed by atoms with van der Waals surface area (Å²) in [6.45, 7) is 5.68. The Bertz CT molecular complexity index is 371. The van der Waals surface area contributed by atoms with Gasteiger partial charge in [-0.25, -0.2) is 4.39 Å². The summed E-state index contributed by atoms with van der Waals surface area (Å²) in [5.41, 5.74) is -0.176. The summed E-state index contributed by atoms with van der Waals surface area (Å²) in [4.78, 5) is 0. The molecular weight excluding hydrogens is 223 g/mol. The van der Waals surface area contributed by atoms with E-state index in [9.17, 15) is 9.50 Å². The molecule has 0 bridgehead atoms. The molecule has 1 unspecified atom stereocenters. The number of hydrogen-bond donors (Lipinski definition) is 1. The van der Waals surface area contributed by atoms with Crippen LogP contribution in [0, 0.1) is 5.82 Å². The van der Waals surface area contributed by atoms with E-state index in [2.05, 4.69) is 0 Å². The number of aliphatic hydroxyl groups excluding tert-OH is 1. The van der Waals surface area contributed by atoms with Crippen molar-refractivity contribution < 1.29 is 19.0 Å². The van der Waals surface area contributed by atoms with Gasteiger partial charge < -0.3 is 14.6 Å². The summed E-state index contributed by atoms with van der Waals surface area (Å²) < 4.78 is 24.1. The smallest absolute Gasteiger partial charge is 0.170 e. The number of ether oxygens (including phenoxy) is 2. The molecular formula is C13H19FO3. The first-order chi connectivity index (χ1) is 7.85. The average Bonchev–Trinajstić information content (AvgIpc) is 2.25.